The van der Waals surface area contributed by atoms with E-state index in [9.17, 15) is 9.18 Å². The van der Waals surface area contributed by atoms with Gasteiger partial charge >= 0.3 is 0 Å². The molecular weight excluding hydrogens is 291 g/mol. The monoisotopic (exact) mass is 312 g/mol. The zero-order chi connectivity index (χ0) is 16.3. The van der Waals surface area contributed by atoms with Crippen molar-refractivity contribution >= 4 is 5.91 Å². The van der Waals surface area contributed by atoms with Crippen LogP contribution in [0.2, 0.25) is 0 Å². The van der Waals surface area contributed by atoms with Crippen molar-refractivity contribution < 1.29 is 9.18 Å². The van der Waals surface area contributed by atoms with Gasteiger partial charge in [-0.25, -0.2) is 4.39 Å². The summed E-state index contributed by atoms with van der Waals surface area (Å²) < 4.78 is 13.0. The van der Waals surface area contributed by atoms with Crippen LogP contribution in [-0.2, 0) is 10.2 Å². The van der Waals surface area contributed by atoms with Crippen LogP contribution >= 0.6 is 0 Å². The van der Waals surface area contributed by atoms with Gasteiger partial charge in [0.15, 0.2) is 0 Å². The van der Waals surface area contributed by atoms with E-state index in [1.165, 1.54) is 12.1 Å². The number of nitrogens with one attached hydrogen (secondary N) is 1. The second-order valence-electron chi connectivity index (χ2n) is 6.29. The van der Waals surface area contributed by atoms with Gasteiger partial charge in [-0.05, 0) is 36.1 Å². The van der Waals surface area contributed by atoms with Gasteiger partial charge in [-0.2, -0.15) is 0 Å². The van der Waals surface area contributed by atoms with Crippen LogP contribution in [0.5, 0.6) is 0 Å². The molecule has 1 aliphatic carbocycles. The molecule has 0 radical (unpaired) electrons. The Morgan fingerprint density at radius 3 is 2.39 bits per heavy atom. The average molecular weight is 312 g/mol. The third-order valence-corrected chi connectivity index (χ3v) is 4.57. The first-order valence-corrected chi connectivity index (χ1v) is 7.92. The molecule has 0 aromatic heterocycles. The maximum Gasteiger partial charge on any atom is 0.221 e. The van der Waals surface area contributed by atoms with Crippen molar-refractivity contribution in [2.45, 2.75) is 30.7 Å². The molecule has 1 atom stereocenters. The topological polar surface area (TPSA) is 55.1 Å². The van der Waals surface area contributed by atoms with Gasteiger partial charge in [0.1, 0.15) is 5.82 Å². The Labute approximate surface area is 135 Å². The second-order valence-corrected chi connectivity index (χ2v) is 6.29. The molecule has 1 aliphatic rings. The summed E-state index contributed by atoms with van der Waals surface area (Å²) in [4.78, 5) is 12.1. The number of carbonyl (C=O) groups is 1. The molecule has 1 fully saturated rings. The van der Waals surface area contributed by atoms with E-state index in [2.05, 4.69) is 5.32 Å². The summed E-state index contributed by atoms with van der Waals surface area (Å²) in [6.07, 6.45) is 2.30. The lowest BCUT2D eigenvalue weighted by Gasteiger charge is -2.18. The van der Waals surface area contributed by atoms with E-state index in [4.69, 9.17) is 5.73 Å². The summed E-state index contributed by atoms with van der Waals surface area (Å²) in [7, 11) is 0. The van der Waals surface area contributed by atoms with Crippen LogP contribution in [0.15, 0.2) is 54.6 Å². The number of benzene rings is 2. The lowest BCUT2D eigenvalue weighted by molar-refractivity contribution is -0.121. The zero-order valence-corrected chi connectivity index (χ0v) is 13.0. The molecule has 3 nitrogen and oxygen atoms in total. The van der Waals surface area contributed by atoms with Gasteiger partial charge in [-0.1, -0.05) is 42.5 Å². The minimum atomic E-state index is -0.294. The third-order valence-electron chi connectivity index (χ3n) is 4.57. The van der Waals surface area contributed by atoms with Crippen LogP contribution in [-0.4, -0.2) is 12.5 Å². The van der Waals surface area contributed by atoms with Gasteiger partial charge < -0.3 is 11.1 Å². The van der Waals surface area contributed by atoms with Gasteiger partial charge in [0.25, 0.3) is 0 Å². The van der Waals surface area contributed by atoms with E-state index in [1.54, 1.807) is 0 Å². The van der Waals surface area contributed by atoms with E-state index in [0.29, 0.717) is 6.54 Å². The molecule has 0 bridgehead atoms. The molecule has 0 spiro atoms. The Morgan fingerprint density at radius 2 is 1.78 bits per heavy atom. The highest BCUT2D eigenvalue weighted by Gasteiger charge is 2.44. The Kier molecular flexibility index (Phi) is 4.44. The molecule has 1 unspecified atom stereocenters. The molecule has 120 valence electrons. The summed E-state index contributed by atoms with van der Waals surface area (Å²) in [5, 5.41) is 2.99. The first-order valence-electron chi connectivity index (χ1n) is 7.92. The maximum absolute atomic E-state index is 13.0. The van der Waals surface area contributed by atoms with Crippen LogP contribution in [0.3, 0.4) is 0 Å². The van der Waals surface area contributed by atoms with Gasteiger partial charge in [0.2, 0.25) is 5.91 Å². The fourth-order valence-corrected chi connectivity index (χ4v) is 2.88. The van der Waals surface area contributed by atoms with E-state index >= 15 is 0 Å². The fourth-order valence-electron chi connectivity index (χ4n) is 2.88. The highest BCUT2D eigenvalue weighted by Crippen LogP contribution is 2.47. The number of hydrogen-bond acceptors (Lipinski definition) is 2. The van der Waals surface area contributed by atoms with Gasteiger partial charge in [-0.3, -0.25) is 4.79 Å². The molecule has 3 rings (SSSR count). The summed E-state index contributed by atoms with van der Waals surface area (Å²) in [5.41, 5.74) is 8.10. The highest BCUT2D eigenvalue weighted by atomic mass is 19.1. The standard InChI is InChI=1S/C19H21FN2O/c20-16-8-6-15(7-9-16)19(10-11-19)13-22-18(23)12-17(21)14-4-2-1-3-5-14/h1-9,17H,10-13,21H2,(H,22,23). The summed E-state index contributed by atoms with van der Waals surface area (Å²) >= 11 is 0. The number of amides is 1. The summed E-state index contributed by atoms with van der Waals surface area (Å²) in [6, 6.07) is 15.9. The number of hydrogen-bond donors (Lipinski definition) is 2. The van der Waals surface area contributed by atoms with Crippen molar-refractivity contribution in [2.75, 3.05) is 6.54 Å². The van der Waals surface area contributed by atoms with Crippen molar-refractivity contribution in [2.24, 2.45) is 5.73 Å². The van der Waals surface area contributed by atoms with Crippen LogP contribution in [0.4, 0.5) is 4.39 Å². The van der Waals surface area contributed by atoms with Crippen molar-refractivity contribution in [1.29, 1.82) is 0 Å². The normalized spacial score (nSPS) is 16.6. The molecule has 2 aromatic rings. The minimum Gasteiger partial charge on any atom is -0.355 e. The first kappa shape index (κ1) is 15.7. The molecule has 1 amide bonds. The number of rotatable bonds is 6. The van der Waals surface area contributed by atoms with Crippen molar-refractivity contribution in [3.05, 3.63) is 71.5 Å². The molecule has 3 N–H and O–H groups in total. The Hall–Kier alpha value is -2.20. The molecule has 0 saturated heterocycles. The second kappa shape index (κ2) is 6.50. The third kappa shape index (κ3) is 3.77. The average Bonchev–Trinajstić information content (AvgIpc) is 3.35. The fraction of sp³-hybridized carbons (Fsp3) is 0.316. The SMILES string of the molecule is NC(CC(=O)NCC1(c2ccc(F)cc2)CC1)c1ccccc1. The predicted octanol–water partition coefficient (Wildman–Crippen LogP) is 3.06. The summed E-state index contributed by atoms with van der Waals surface area (Å²) in [6.45, 7) is 0.582. The minimum absolute atomic E-state index is 0.0276. The van der Waals surface area contributed by atoms with E-state index in [1.807, 2.05) is 42.5 Å². The predicted molar refractivity (Wildman–Crippen MR) is 88.3 cm³/mol. The van der Waals surface area contributed by atoms with Crippen LogP contribution in [0.25, 0.3) is 0 Å². The zero-order valence-electron chi connectivity index (χ0n) is 13.0. The largest absolute Gasteiger partial charge is 0.355 e. The molecule has 1 saturated carbocycles. The lowest BCUT2D eigenvalue weighted by atomic mass is 9.95. The molecule has 4 heteroatoms. The van der Waals surface area contributed by atoms with Gasteiger partial charge in [-0.15, -0.1) is 0 Å². The molecule has 0 aliphatic heterocycles. The first-order chi connectivity index (χ1) is 11.1. The van der Waals surface area contributed by atoms with E-state index in [0.717, 1.165) is 24.0 Å². The summed E-state index contributed by atoms with van der Waals surface area (Å²) in [5.74, 6) is -0.280. The Bertz CT molecular complexity index is 666. The van der Waals surface area contributed by atoms with Crippen LogP contribution < -0.4 is 11.1 Å². The molecule has 2 aromatic carbocycles. The van der Waals surface area contributed by atoms with Gasteiger partial charge in [0, 0.05) is 24.4 Å². The van der Waals surface area contributed by atoms with Crippen LogP contribution in [0.1, 0.15) is 36.4 Å². The van der Waals surface area contributed by atoms with Crippen molar-refractivity contribution in [3.8, 4) is 0 Å². The van der Waals surface area contributed by atoms with Crippen molar-refractivity contribution in [3.63, 3.8) is 0 Å². The number of halogens is 1. The molecular formula is C19H21FN2O. The van der Waals surface area contributed by atoms with Crippen molar-refractivity contribution in [1.82, 2.24) is 5.32 Å². The molecule has 0 heterocycles. The Balaban J connectivity index is 1.54. The highest BCUT2D eigenvalue weighted by molar-refractivity contribution is 5.77. The number of nitrogens with two attached hydrogens (primary N) is 1. The van der Waals surface area contributed by atoms with Crippen LogP contribution in [0, 0.1) is 5.82 Å². The lowest BCUT2D eigenvalue weighted by Crippen LogP contribution is -2.34. The Morgan fingerprint density at radius 1 is 1.13 bits per heavy atom. The van der Waals surface area contributed by atoms with E-state index in [-0.39, 0.29) is 29.6 Å². The van der Waals surface area contributed by atoms with Gasteiger partial charge in [0.05, 0.1) is 0 Å². The smallest absolute Gasteiger partial charge is 0.221 e. The molecule has 23 heavy (non-hydrogen) atoms. The quantitative estimate of drug-likeness (QED) is 0.861. The maximum atomic E-state index is 13.0. The van der Waals surface area contributed by atoms with E-state index < -0.39 is 0 Å². The number of carbonyl (C=O) groups excluding carboxylic acids is 1.